The number of carbonyl (C=O) groups is 1. The molecule has 11 heteroatoms. The summed E-state index contributed by atoms with van der Waals surface area (Å²) in [6.45, 7) is 6.74. The molecule has 0 saturated heterocycles. The fourth-order valence-electron chi connectivity index (χ4n) is 2.88. The summed E-state index contributed by atoms with van der Waals surface area (Å²) in [5.74, 6) is -1.69. The van der Waals surface area contributed by atoms with Gasteiger partial charge in [0.1, 0.15) is 6.61 Å². The number of hydrogen-bond donors (Lipinski definition) is 1. The summed E-state index contributed by atoms with van der Waals surface area (Å²) in [7, 11) is 0. The average Bonchev–Trinajstić information content (AvgIpc) is 3.24. The second kappa shape index (κ2) is 8.84. The number of aliphatic hydroxyl groups excluding tert-OH is 1. The van der Waals surface area contributed by atoms with E-state index in [2.05, 4.69) is 14.5 Å². The lowest BCUT2D eigenvalue weighted by molar-refractivity contribution is 0.0985. The molecule has 0 aliphatic carbocycles. The van der Waals surface area contributed by atoms with Gasteiger partial charge in [0.2, 0.25) is 5.88 Å². The number of Topliss-reactive ketones (excluding diaryl/α,β-unsaturated/α-hetero) is 1. The van der Waals surface area contributed by atoms with Gasteiger partial charge in [0.25, 0.3) is 0 Å². The average molecular weight is 435 g/mol. The first-order valence-corrected chi connectivity index (χ1v) is 10.2. The number of carbonyl (C=O) groups excluding carboxylic acids is 1. The van der Waals surface area contributed by atoms with Crippen LogP contribution in [0.25, 0.3) is 5.82 Å². The van der Waals surface area contributed by atoms with Gasteiger partial charge < -0.3 is 9.84 Å². The number of ether oxygens (including phenoxy) is 1. The van der Waals surface area contributed by atoms with E-state index in [1.54, 1.807) is 33.1 Å². The number of aliphatic hydroxyl groups is 1. The van der Waals surface area contributed by atoms with Crippen molar-refractivity contribution in [1.29, 1.82) is 0 Å². The van der Waals surface area contributed by atoms with Crippen LogP contribution in [-0.2, 0) is 19.6 Å². The highest BCUT2D eigenvalue weighted by Crippen LogP contribution is 2.24. The number of halogens is 1. The number of rotatable bonds is 8. The van der Waals surface area contributed by atoms with E-state index >= 15 is 0 Å². The van der Waals surface area contributed by atoms with Crippen LogP contribution in [0.3, 0.4) is 0 Å². The summed E-state index contributed by atoms with van der Waals surface area (Å²) in [6.07, 6.45) is -0.319. The number of pyridine rings is 1. The molecule has 3 aromatic heterocycles. The van der Waals surface area contributed by atoms with Gasteiger partial charge in [0.15, 0.2) is 23.2 Å². The maximum Gasteiger partial charge on any atom is 0.352 e. The Bertz CT molecular complexity index is 1130. The van der Waals surface area contributed by atoms with E-state index in [0.29, 0.717) is 0 Å². The molecule has 30 heavy (non-hydrogen) atoms. The number of aryl methyl sites for hydroxylation is 1. The van der Waals surface area contributed by atoms with Gasteiger partial charge in [-0.1, -0.05) is 0 Å². The van der Waals surface area contributed by atoms with Crippen LogP contribution < -0.4 is 10.4 Å². The Morgan fingerprint density at radius 1 is 1.40 bits per heavy atom. The summed E-state index contributed by atoms with van der Waals surface area (Å²) >= 11 is 1.24. The highest BCUT2D eigenvalue weighted by molar-refractivity contribution is 7.03. The molecular formula is C19H22FN5O4S. The predicted octanol–water partition coefficient (Wildman–Crippen LogP) is 2.06. The maximum atomic E-state index is 14.9. The first-order chi connectivity index (χ1) is 14.3. The van der Waals surface area contributed by atoms with Gasteiger partial charge in [-0.05, 0) is 50.9 Å². The minimum atomic E-state index is -0.901. The van der Waals surface area contributed by atoms with Gasteiger partial charge >= 0.3 is 5.69 Å². The fraction of sp³-hybridized carbons (Fsp3) is 0.421. The third-order valence-corrected chi connectivity index (χ3v) is 5.14. The Balaban J connectivity index is 2.10. The molecular weight excluding hydrogens is 413 g/mol. The maximum absolute atomic E-state index is 14.9. The zero-order valence-electron chi connectivity index (χ0n) is 17.0. The van der Waals surface area contributed by atoms with Crippen LogP contribution in [0.1, 0.15) is 48.2 Å². The van der Waals surface area contributed by atoms with Crippen LogP contribution in [0.4, 0.5) is 4.39 Å². The normalized spacial score (nSPS) is 11.3. The zero-order chi connectivity index (χ0) is 22.0. The first kappa shape index (κ1) is 21.8. The molecule has 0 aromatic carbocycles. The van der Waals surface area contributed by atoms with E-state index in [4.69, 9.17) is 4.74 Å². The van der Waals surface area contributed by atoms with Crippen LogP contribution in [0.15, 0.2) is 16.2 Å². The molecule has 0 aliphatic heterocycles. The van der Waals surface area contributed by atoms with Crippen molar-refractivity contribution in [2.75, 3.05) is 0 Å². The largest absolute Gasteiger partial charge is 0.474 e. The monoisotopic (exact) mass is 435 g/mol. The second-order valence-corrected chi connectivity index (χ2v) is 7.48. The molecule has 0 fully saturated rings. The fourth-order valence-corrected chi connectivity index (χ4v) is 3.59. The Hall–Kier alpha value is -2.92. The summed E-state index contributed by atoms with van der Waals surface area (Å²) in [5, 5.41) is 15.1. The summed E-state index contributed by atoms with van der Waals surface area (Å²) in [5.41, 5.74) is 0.803. The molecule has 0 bridgehead atoms. The molecule has 0 spiro atoms. The van der Waals surface area contributed by atoms with Crippen molar-refractivity contribution in [3.8, 4) is 11.7 Å². The van der Waals surface area contributed by atoms with E-state index in [-0.39, 0.29) is 42.1 Å². The van der Waals surface area contributed by atoms with Crippen molar-refractivity contribution in [3.63, 3.8) is 0 Å². The van der Waals surface area contributed by atoms with E-state index in [0.717, 1.165) is 22.0 Å². The lowest BCUT2D eigenvalue weighted by Gasteiger charge is -2.14. The predicted molar refractivity (Wildman–Crippen MR) is 108 cm³/mol. The van der Waals surface area contributed by atoms with Crippen LogP contribution in [0.2, 0.25) is 0 Å². The van der Waals surface area contributed by atoms with E-state index < -0.39 is 23.9 Å². The molecule has 0 unspecified atom stereocenters. The molecule has 160 valence electrons. The summed E-state index contributed by atoms with van der Waals surface area (Å²) < 4.78 is 26.7. The third-order valence-electron chi connectivity index (χ3n) is 4.37. The minimum absolute atomic E-state index is 0.0241. The topological polar surface area (TPSA) is 112 Å². The molecule has 3 rings (SSSR count). The Morgan fingerprint density at radius 2 is 2.13 bits per heavy atom. The zero-order valence-corrected chi connectivity index (χ0v) is 17.9. The molecule has 3 aromatic rings. The van der Waals surface area contributed by atoms with Gasteiger partial charge in [-0.3, -0.25) is 9.36 Å². The molecule has 0 aliphatic rings. The number of ketones is 1. The van der Waals surface area contributed by atoms with Crippen molar-refractivity contribution in [2.45, 2.75) is 53.4 Å². The van der Waals surface area contributed by atoms with Crippen LogP contribution in [-0.4, -0.2) is 40.7 Å². The van der Waals surface area contributed by atoms with Gasteiger partial charge in [0, 0.05) is 18.3 Å². The molecule has 0 amide bonds. The Morgan fingerprint density at radius 3 is 2.67 bits per heavy atom. The van der Waals surface area contributed by atoms with Crippen molar-refractivity contribution in [2.24, 2.45) is 0 Å². The lowest BCUT2D eigenvalue weighted by Crippen LogP contribution is -2.26. The van der Waals surface area contributed by atoms with Crippen LogP contribution in [0.5, 0.6) is 5.88 Å². The number of hydrogen-bond acceptors (Lipinski definition) is 8. The molecule has 3 heterocycles. The van der Waals surface area contributed by atoms with Crippen molar-refractivity contribution in [1.82, 2.24) is 23.7 Å². The standard InChI is InChI=1S/C19H22FN5O4S/c1-5-24-16(8-26)22-25(19(24)28)17-14(20)7-13(18(21-17)29-10(2)3)15(27)6-12-9-30-23-11(12)4/h7,9-10,26H,5-6,8H2,1-4H3. The van der Waals surface area contributed by atoms with Crippen molar-refractivity contribution in [3.05, 3.63) is 50.4 Å². The minimum Gasteiger partial charge on any atom is -0.474 e. The SMILES string of the molecule is CCn1c(CO)nn(-c2nc(OC(C)C)c(C(=O)Cc3csnc3C)cc2F)c1=O. The van der Waals surface area contributed by atoms with Gasteiger partial charge in [-0.2, -0.15) is 14.0 Å². The quantitative estimate of drug-likeness (QED) is 0.539. The van der Waals surface area contributed by atoms with E-state index in [1.165, 1.54) is 16.1 Å². The molecule has 0 radical (unpaired) electrons. The molecule has 9 nitrogen and oxygen atoms in total. The smallest absolute Gasteiger partial charge is 0.352 e. The van der Waals surface area contributed by atoms with Gasteiger partial charge in [-0.25, -0.2) is 9.18 Å². The van der Waals surface area contributed by atoms with Crippen molar-refractivity contribution >= 4 is 17.3 Å². The van der Waals surface area contributed by atoms with Crippen molar-refractivity contribution < 1.29 is 19.0 Å². The first-order valence-electron chi connectivity index (χ1n) is 9.37. The number of aromatic nitrogens is 5. The molecule has 0 atom stereocenters. The highest BCUT2D eigenvalue weighted by Gasteiger charge is 2.24. The molecule has 0 saturated carbocycles. The summed E-state index contributed by atoms with van der Waals surface area (Å²) in [4.78, 5) is 29.5. The van der Waals surface area contributed by atoms with Gasteiger partial charge in [0.05, 0.1) is 17.4 Å². The Labute approximate surface area is 175 Å². The third kappa shape index (κ3) is 4.17. The second-order valence-electron chi connectivity index (χ2n) is 6.85. The van der Waals surface area contributed by atoms with E-state index in [9.17, 15) is 19.1 Å². The van der Waals surface area contributed by atoms with Gasteiger partial charge in [-0.15, -0.1) is 5.10 Å². The number of nitrogens with zero attached hydrogens (tertiary/aromatic N) is 5. The molecule has 1 N–H and O–H groups in total. The van der Waals surface area contributed by atoms with E-state index in [1.807, 2.05) is 0 Å². The highest BCUT2D eigenvalue weighted by atomic mass is 32.1. The van der Waals surface area contributed by atoms with Crippen LogP contribution >= 0.6 is 11.5 Å². The lowest BCUT2D eigenvalue weighted by atomic mass is 10.0. The Kier molecular flexibility index (Phi) is 6.42. The summed E-state index contributed by atoms with van der Waals surface area (Å²) in [6, 6.07) is 1.01. The van der Waals surface area contributed by atoms with Crippen LogP contribution in [0, 0.1) is 12.7 Å².